The molecule has 188 valence electrons. The molecule has 3 rings (SSSR count). The molecule has 2 aromatic carbocycles. The molecule has 0 aliphatic rings. The van der Waals surface area contributed by atoms with E-state index in [1.54, 1.807) is 0 Å². The molecule has 1 atom stereocenters. The Hall–Kier alpha value is -3.25. The van der Waals surface area contributed by atoms with Crippen molar-refractivity contribution in [2.24, 2.45) is 0 Å². The van der Waals surface area contributed by atoms with Gasteiger partial charge in [0, 0.05) is 29.8 Å². The minimum Gasteiger partial charge on any atom is -0.393 e. The fourth-order valence-electron chi connectivity index (χ4n) is 3.70. The van der Waals surface area contributed by atoms with Gasteiger partial charge in [-0.2, -0.15) is 13.2 Å². The summed E-state index contributed by atoms with van der Waals surface area (Å²) < 4.78 is 93.1. The molecule has 0 saturated carbocycles. The summed E-state index contributed by atoms with van der Waals surface area (Å²) in [5, 5.41) is 12.2. The lowest BCUT2D eigenvalue weighted by atomic mass is 10.1. The quantitative estimate of drug-likeness (QED) is 0.467. The Balaban J connectivity index is 2.10. The van der Waals surface area contributed by atoms with Crippen LogP contribution in [0.15, 0.2) is 47.4 Å². The van der Waals surface area contributed by atoms with E-state index in [4.69, 9.17) is 0 Å². The number of aliphatic hydroxyl groups is 1. The van der Waals surface area contributed by atoms with Crippen molar-refractivity contribution >= 4 is 21.4 Å². The summed E-state index contributed by atoms with van der Waals surface area (Å²) in [5.41, 5.74) is -1.66. The summed E-state index contributed by atoms with van der Waals surface area (Å²) in [7, 11) is -3.83. The van der Waals surface area contributed by atoms with E-state index in [0.717, 1.165) is 35.1 Å². The fourth-order valence-corrected chi connectivity index (χ4v) is 4.43. The number of halogens is 5. The number of sulfone groups is 1. The number of aromatic nitrogens is 1. The van der Waals surface area contributed by atoms with Crippen molar-refractivity contribution in [1.29, 1.82) is 0 Å². The summed E-state index contributed by atoms with van der Waals surface area (Å²) in [6.07, 6.45) is -5.19. The van der Waals surface area contributed by atoms with E-state index in [9.17, 15) is 40.3 Å². The molecule has 2 N–H and O–H groups in total. The highest BCUT2D eigenvalue weighted by Crippen LogP contribution is 2.36. The number of aliphatic hydroxyl groups excluding tert-OH is 1. The first-order valence-electron chi connectivity index (χ1n) is 10.2. The summed E-state index contributed by atoms with van der Waals surface area (Å²) in [4.78, 5) is 12.4. The third-order valence-electron chi connectivity index (χ3n) is 5.17. The molecule has 0 aliphatic carbocycles. The second kappa shape index (κ2) is 9.42. The smallest absolute Gasteiger partial charge is 0.393 e. The molecular weight excluding hydrogens is 495 g/mol. The Kier molecular flexibility index (Phi) is 7.09. The van der Waals surface area contributed by atoms with Crippen molar-refractivity contribution in [3.8, 4) is 5.69 Å². The van der Waals surface area contributed by atoms with E-state index < -0.39 is 55.8 Å². The van der Waals surface area contributed by atoms with Crippen LogP contribution in [0.3, 0.4) is 0 Å². The van der Waals surface area contributed by atoms with Gasteiger partial charge in [0.25, 0.3) is 5.91 Å². The molecular formula is C23H21F5N2O4S. The van der Waals surface area contributed by atoms with Crippen molar-refractivity contribution in [2.45, 2.75) is 37.4 Å². The third kappa shape index (κ3) is 5.70. The molecule has 1 heterocycles. The number of anilines is 1. The maximum Gasteiger partial charge on any atom is 0.418 e. The van der Waals surface area contributed by atoms with Crippen LogP contribution < -0.4 is 5.32 Å². The summed E-state index contributed by atoms with van der Waals surface area (Å²) >= 11 is 0. The molecule has 1 unspecified atom stereocenters. The SMILES string of the molecule is Cc1c(C(=O)Nc2ccc(S(C)(=O)=O)c(F)c2)cc(CC(C)O)n1-c1ccc(F)cc1C(F)(F)F. The van der Waals surface area contributed by atoms with Gasteiger partial charge in [0.05, 0.1) is 22.9 Å². The first-order valence-corrected chi connectivity index (χ1v) is 12.1. The first kappa shape index (κ1) is 26.4. The number of amides is 1. The van der Waals surface area contributed by atoms with Crippen molar-refractivity contribution in [2.75, 3.05) is 11.6 Å². The molecule has 0 fully saturated rings. The lowest BCUT2D eigenvalue weighted by Gasteiger charge is -2.18. The van der Waals surface area contributed by atoms with E-state index in [-0.39, 0.29) is 29.1 Å². The zero-order valence-electron chi connectivity index (χ0n) is 18.7. The Morgan fingerprint density at radius 2 is 1.77 bits per heavy atom. The van der Waals surface area contributed by atoms with Gasteiger partial charge in [-0.1, -0.05) is 0 Å². The topological polar surface area (TPSA) is 88.4 Å². The average molecular weight is 516 g/mol. The number of benzene rings is 2. The number of hydrogen-bond acceptors (Lipinski definition) is 4. The Morgan fingerprint density at radius 1 is 1.11 bits per heavy atom. The highest BCUT2D eigenvalue weighted by Gasteiger charge is 2.35. The lowest BCUT2D eigenvalue weighted by molar-refractivity contribution is -0.137. The molecule has 1 aromatic heterocycles. The molecule has 1 amide bonds. The van der Waals surface area contributed by atoms with E-state index in [2.05, 4.69) is 5.32 Å². The van der Waals surface area contributed by atoms with Gasteiger partial charge in [0.1, 0.15) is 16.5 Å². The van der Waals surface area contributed by atoms with E-state index in [1.165, 1.54) is 26.0 Å². The summed E-state index contributed by atoms with van der Waals surface area (Å²) in [6.45, 7) is 2.78. The van der Waals surface area contributed by atoms with Crippen LogP contribution in [0.5, 0.6) is 0 Å². The van der Waals surface area contributed by atoms with Gasteiger partial charge < -0.3 is 15.0 Å². The number of hydrogen-bond donors (Lipinski definition) is 2. The van der Waals surface area contributed by atoms with Crippen LogP contribution in [0.25, 0.3) is 5.69 Å². The molecule has 0 spiro atoms. The lowest BCUT2D eigenvalue weighted by Crippen LogP contribution is -2.16. The number of carbonyl (C=O) groups excluding carboxylic acids is 1. The molecule has 0 aliphatic heterocycles. The maximum atomic E-state index is 14.2. The minimum absolute atomic E-state index is 0.0588. The van der Waals surface area contributed by atoms with Gasteiger partial charge >= 0.3 is 6.18 Å². The van der Waals surface area contributed by atoms with E-state index >= 15 is 0 Å². The van der Waals surface area contributed by atoms with Gasteiger partial charge in [-0.15, -0.1) is 0 Å². The number of carbonyl (C=O) groups is 1. The van der Waals surface area contributed by atoms with Crippen molar-refractivity contribution < 1.29 is 40.3 Å². The number of nitrogens with one attached hydrogen (secondary N) is 1. The predicted molar refractivity (Wildman–Crippen MR) is 118 cm³/mol. The largest absolute Gasteiger partial charge is 0.418 e. The second-order valence-corrected chi connectivity index (χ2v) is 10.0. The van der Waals surface area contributed by atoms with Gasteiger partial charge in [-0.3, -0.25) is 4.79 Å². The monoisotopic (exact) mass is 516 g/mol. The van der Waals surface area contributed by atoms with Crippen LogP contribution in [0.1, 0.15) is 34.2 Å². The number of nitrogens with zero attached hydrogens (tertiary/aromatic N) is 1. The van der Waals surface area contributed by atoms with Gasteiger partial charge in [-0.05, 0) is 56.3 Å². The molecule has 35 heavy (non-hydrogen) atoms. The molecule has 0 saturated heterocycles. The molecule has 0 radical (unpaired) electrons. The Morgan fingerprint density at radius 3 is 2.31 bits per heavy atom. The molecule has 12 heteroatoms. The molecule has 6 nitrogen and oxygen atoms in total. The highest BCUT2D eigenvalue weighted by atomic mass is 32.2. The predicted octanol–water partition coefficient (Wildman–Crippen LogP) is 4.66. The van der Waals surface area contributed by atoms with Crippen LogP contribution in [-0.4, -0.2) is 36.4 Å². The number of alkyl halides is 3. The maximum absolute atomic E-state index is 14.2. The van der Waals surface area contributed by atoms with Gasteiger partial charge in [-0.25, -0.2) is 17.2 Å². The van der Waals surface area contributed by atoms with Crippen LogP contribution in [0.2, 0.25) is 0 Å². The Labute approximate surface area is 197 Å². The van der Waals surface area contributed by atoms with Gasteiger partial charge in [0.15, 0.2) is 9.84 Å². The Bertz CT molecular complexity index is 1400. The summed E-state index contributed by atoms with van der Waals surface area (Å²) in [5.74, 6) is -2.99. The van der Waals surface area contributed by atoms with Crippen LogP contribution in [0.4, 0.5) is 27.6 Å². The summed E-state index contributed by atoms with van der Waals surface area (Å²) in [6, 6.07) is 6.35. The second-order valence-electron chi connectivity index (χ2n) is 8.05. The van der Waals surface area contributed by atoms with E-state index in [1.807, 2.05) is 0 Å². The van der Waals surface area contributed by atoms with Crippen LogP contribution >= 0.6 is 0 Å². The van der Waals surface area contributed by atoms with Crippen LogP contribution in [0, 0.1) is 18.6 Å². The van der Waals surface area contributed by atoms with E-state index in [0.29, 0.717) is 6.07 Å². The zero-order valence-corrected chi connectivity index (χ0v) is 19.6. The minimum atomic E-state index is -4.91. The van der Waals surface area contributed by atoms with Crippen molar-refractivity contribution in [3.63, 3.8) is 0 Å². The first-order chi connectivity index (χ1) is 16.1. The van der Waals surface area contributed by atoms with Crippen LogP contribution in [-0.2, 0) is 22.4 Å². The normalized spacial score (nSPS) is 13.1. The van der Waals surface area contributed by atoms with Crippen molar-refractivity contribution in [1.82, 2.24) is 4.57 Å². The molecule has 0 bridgehead atoms. The van der Waals surface area contributed by atoms with Gasteiger partial charge in [0.2, 0.25) is 0 Å². The number of rotatable bonds is 6. The zero-order chi connectivity index (χ0) is 26.3. The fraction of sp³-hybridized carbons (Fsp3) is 0.261. The molecule has 3 aromatic rings. The average Bonchev–Trinajstić information content (AvgIpc) is 3.01. The standard InChI is InChI=1S/C23H21F5N2O4S/c1-12(31)8-16-11-17(22(32)29-15-5-7-21(19(25)10-15)35(3,33)34)13(2)30(16)20-6-4-14(24)9-18(20)23(26,27)28/h4-7,9-12,31H,8H2,1-3H3,(H,29,32). The third-order valence-corrected chi connectivity index (χ3v) is 6.30. The van der Waals surface area contributed by atoms with Crippen molar-refractivity contribution in [3.05, 3.63) is 76.6 Å². The highest BCUT2D eigenvalue weighted by molar-refractivity contribution is 7.90.